The van der Waals surface area contributed by atoms with Gasteiger partial charge in [-0.25, -0.2) is 4.79 Å². The van der Waals surface area contributed by atoms with E-state index in [1.165, 1.54) is 0 Å². The van der Waals surface area contributed by atoms with Crippen LogP contribution in [0.5, 0.6) is 0 Å². The van der Waals surface area contributed by atoms with Crippen LogP contribution in [0.25, 0.3) is 0 Å². The van der Waals surface area contributed by atoms with Crippen molar-refractivity contribution in [3.05, 3.63) is 35.9 Å². The zero-order chi connectivity index (χ0) is 21.1. The van der Waals surface area contributed by atoms with Crippen molar-refractivity contribution >= 4 is 17.8 Å². The van der Waals surface area contributed by atoms with E-state index >= 15 is 0 Å². The Bertz CT molecular complexity index is 625. The average Bonchev–Trinajstić information content (AvgIpc) is 2.65. The minimum absolute atomic E-state index is 0.122. The highest BCUT2D eigenvalue weighted by atomic mass is 16.4. The fourth-order valence-electron chi connectivity index (χ4n) is 3.22. The third kappa shape index (κ3) is 7.71. The zero-order valence-electron chi connectivity index (χ0n) is 17.4. The number of carboxylic acid groups (broad SMARTS) is 1. The lowest BCUT2D eigenvalue weighted by Gasteiger charge is -2.26. The summed E-state index contributed by atoms with van der Waals surface area (Å²) in [4.78, 5) is 37.1. The van der Waals surface area contributed by atoms with E-state index in [1.807, 2.05) is 58.0 Å². The standard InChI is InChI=1S/C22H34N2O4/c1-5-10-17(11-6-2)20(25)24-19(15(3)4)21(26)23-18(22(27)28)14-16-12-8-7-9-13-16/h7-9,12-13,15,17-19H,5-6,10-11,14H2,1-4H3,(H,23,26)(H,24,25)(H,27,28)/t18-,19-/m0/s1. The summed E-state index contributed by atoms with van der Waals surface area (Å²) in [5.41, 5.74) is 0.825. The summed E-state index contributed by atoms with van der Waals surface area (Å²) in [7, 11) is 0. The van der Waals surface area contributed by atoms with Gasteiger partial charge in [0.1, 0.15) is 12.1 Å². The molecule has 0 fully saturated rings. The fourth-order valence-corrected chi connectivity index (χ4v) is 3.22. The lowest BCUT2D eigenvalue weighted by molar-refractivity contribution is -0.142. The molecule has 6 heteroatoms. The Labute approximate surface area is 168 Å². The molecule has 6 nitrogen and oxygen atoms in total. The highest BCUT2D eigenvalue weighted by molar-refractivity contribution is 5.91. The molecule has 0 spiro atoms. The predicted molar refractivity (Wildman–Crippen MR) is 110 cm³/mol. The van der Waals surface area contributed by atoms with Crippen LogP contribution in [-0.4, -0.2) is 35.0 Å². The second-order valence-electron chi connectivity index (χ2n) is 7.59. The minimum Gasteiger partial charge on any atom is -0.480 e. The van der Waals surface area contributed by atoms with Gasteiger partial charge < -0.3 is 15.7 Å². The van der Waals surface area contributed by atoms with Crippen molar-refractivity contribution in [2.45, 2.75) is 71.9 Å². The van der Waals surface area contributed by atoms with E-state index in [-0.39, 0.29) is 24.2 Å². The van der Waals surface area contributed by atoms with Gasteiger partial charge in [-0.05, 0) is 24.3 Å². The van der Waals surface area contributed by atoms with Crippen LogP contribution < -0.4 is 10.6 Å². The van der Waals surface area contributed by atoms with E-state index in [1.54, 1.807) is 0 Å². The number of benzene rings is 1. The summed E-state index contributed by atoms with van der Waals surface area (Å²) in [6.07, 6.45) is 3.54. The van der Waals surface area contributed by atoms with Gasteiger partial charge in [0.25, 0.3) is 0 Å². The Balaban J connectivity index is 2.83. The van der Waals surface area contributed by atoms with Gasteiger partial charge in [0.15, 0.2) is 0 Å². The van der Waals surface area contributed by atoms with E-state index in [4.69, 9.17) is 0 Å². The molecule has 2 amide bonds. The van der Waals surface area contributed by atoms with Crippen LogP contribution in [0.4, 0.5) is 0 Å². The van der Waals surface area contributed by atoms with Crippen LogP contribution in [0, 0.1) is 11.8 Å². The molecule has 0 radical (unpaired) electrons. The number of carbonyl (C=O) groups excluding carboxylic acids is 2. The minimum atomic E-state index is -1.10. The van der Waals surface area contributed by atoms with Gasteiger partial charge in [-0.15, -0.1) is 0 Å². The quantitative estimate of drug-likeness (QED) is 0.511. The van der Waals surface area contributed by atoms with E-state index in [0.717, 1.165) is 31.2 Å². The molecular formula is C22H34N2O4. The molecule has 0 saturated heterocycles. The molecule has 0 bridgehead atoms. The molecule has 2 atom stereocenters. The van der Waals surface area contributed by atoms with Gasteiger partial charge in [0.05, 0.1) is 0 Å². The molecule has 0 unspecified atom stereocenters. The lowest BCUT2D eigenvalue weighted by atomic mass is 9.95. The third-order valence-electron chi connectivity index (χ3n) is 4.79. The molecule has 3 N–H and O–H groups in total. The average molecular weight is 391 g/mol. The zero-order valence-corrected chi connectivity index (χ0v) is 17.4. The SMILES string of the molecule is CCCC(CCC)C(=O)N[C@H](C(=O)N[C@@H](Cc1ccccc1)C(=O)O)C(C)C. The van der Waals surface area contributed by atoms with Crippen LogP contribution >= 0.6 is 0 Å². The highest BCUT2D eigenvalue weighted by Crippen LogP contribution is 2.15. The van der Waals surface area contributed by atoms with Crippen molar-refractivity contribution < 1.29 is 19.5 Å². The Morgan fingerprint density at radius 3 is 1.96 bits per heavy atom. The number of hydrogen-bond acceptors (Lipinski definition) is 3. The summed E-state index contributed by atoms with van der Waals surface area (Å²) in [6.45, 7) is 7.74. The first-order valence-corrected chi connectivity index (χ1v) is 10.2. The molecule has 0 aliphatic rings. The molecule has 28 heavy (non-hydrogen) atoms. The van der Waals surface area contributed by atoms with Crippen molar-refractivity contribution in [2.24, 2.45) is 11.8 Å². The molecule has 0 aliphatic heterocycles. The normalized spacial score (nSPS) is 13.2. The van der Waals surface area contributed by atoms with Gasteiger partial charge in [-0.3, -0.25) is 9.59 Å². The van der Waals surface area contributed by atoms with Gasteiger partial charge in [-0.1, -0.05) is 70.9 Å². The molecule has 0 aromatic heterocycles. The van der Waals surface area contributed by atoms with Crippen LogP contribution in [0.1, 0.15) is 58.9 Å². The molecule has 0 heterocycles. The maximum absolute atomic E-state index is 12.8. The summed E-state index contributed by atoms with van der Waals surface area (Å²) >= 11 is 0. The van der Waals surface area contributed by atoms with Crippen molar-refractivity contribution in [3.63, 3.8) is 0 Å². The van der Waals surface area contributed by atoms with Crippen LogP contribution in [0.15, 0.2) is 30.3 Å². The summed E-state index contributed by atoms with van der Waals surface area (Å²) in [5, 5.41) is 15.0. The van der Waals surface area contributed by atoms with Crippen molar-refractivity contribution in [3.8, 4) is 0 Å². The van der Waals surface area contributed by atoms with Crippen LogP contribution in [0.2, 0.25) is 0 Å². The largest absolute Gasteiger partial charge is 0.480 e. The molecule has 156 valence electrons. The first kappa shape index (κ1) is 23.7. The van der Waals surface area contributed by atoms with Crippen molar-refractivity contribution in [2.75, 3.05) is 0 Å². The van der Waals surface area contributed by atoms with Gasteiger partial charge in [0.2, 0.25) is 11.8 Å². The van der Waals surface area contributed by atoms with E-state index in [0.29, 0.717) is 0 Å². The molecule has 1 aromatic carbocycles. The topological polar surface area (TPSA) is 95.5 Å². The maximum atomic E-state index is 12.8. The number of hydrogen-bond donors (Lipinski definition) is 3. The maximum Gasteiger partial charge on any atom is 0.326 e. The molecule has 0 aliphatic carbocycles. The summed E-state index contributed by atoms with van der Waals surface area (Å²) in [6, 6.07) is 7.35. The summed E-state index contributed by atoms with van der Waals surface area (Å²) < 4.78 is 0. The highest BCUT2D eigenvalue weighted by Gasteiger charge is 2.30. The molecule has 0 saturated carbocycles. The monoisotopic (exact) mass is 390 g/mol. The van der Waals surface area contributed by atoms with Gasteiger partial charge in [-0.2, -0.15) is 0 Å². The predicted octanol–water partition coefficient (Wildman–Crippen LogP) is 3.16. The first-order valence-electron chi connectivity index (χ1n) is 10.2. The van der Waals surface area contributed by atoms with E-state index in [2.05, 4.69) is 10.6 Å². The number of amides is 2. The lowest BCUT2D eigenvalue weighted by Crippen LogP contribution is -2.55. The second kappa shape index (κ2) is 12.2. The first-order chi connectivity index (χ1) is 13.3. The summed E-state index contributed by atoms with van der Waals surface area (Å²) in [5.74, 6) is -1.96. The number of carbonyl (C=O) groups is 3. The van der Waals surface area contributed by atoms with Crippen LogP contribution in [-0.2, 0) is 20.8 Å². The smallest absolute Gasteiger partial charge is 0.326 e. The van der Waals surface area contributed by atoms with Gasteiger partial charge in [0, 0.05) is 12.3 Å². The Morgan fingerprint density at radius 2 is 1.50 bits per heavy atom. The van der Waals surface area contributed by atoms with E-state index in [9.17, 15) is 19.5 Å². The van der Waals surface area contributed by atoms with Crippen LogP contribution in [0.3, 0.4) is 0 Å². The number of rotatable bonds is 12. The third-order valence-corrected chi connectivity index (χ3v) is 4.79. The Kier molecular flexibility index (Phi) is 10.3. The fraction of sp³-hybridized carbons (Fsp3) is 0.591. The number of nitrogens with one attached hydrogen (secondary N) is 2. The molecule has 1 aromatic rings. The van der Waals surface area contributed by atoms with E-state index < -0.39 is 24.0 Å². The molecule has 1 rings (SSSR count). The van der Waals surface area contributed by atoms with Crippen molar-refractivity contribution in [1.29, 1.82) is 0 Å². The second-order valence-corrected chi connectivity index (χ2v) is 7.59. The van der Waals surface area contributed by atoms with Crippen molar-refractivity contribution in [1.82, 2.24) is 10.6 Å². The number of aliphatic carboxylic acids is 1. The molecular weight excluding hydrogens is 356 g/mol. The number of carboxylic acids is 1. The Hall–Kier alpha value is -2.37. The van der Waals surface area contributed by atoms with Gasteiger partial charge >= 0.3 is 5.97 Å². The Morgan fingerprint density at radius 1 is 0.929 bits per heavy atom.